The quantitative estimate of drug-likeness (QED) is 0.0444. The van der Waals surface area contributed by atoms with E-state index in [2.05, 4.69) is 348 Å². The molecule has 0 N–H and O–H groups in total. The molecule has 0 unspecified atom stereocenters. The Labute approximate surface area is 737 Å². The number of rotatable bonds is 14. The molecule has 0 fully saturated rings. The molecule has 0 bridgehead atoms. The molecule has 2 aromatic heterocycles. The maximum absolute atomic E-state index is 7.38. The van der Waals surface area contributed by atoms with Gasteiger partial charge in [-0.05, 0) is 167 Å². The summed E-state index contributed by atoms with van der Waals surface area (Å²) in [5.41, 5.74) is 9.46. The Balaban J connectivity index is 0.000000150. The van der Waals surface area contributed by atoms with Crippen molar-refractivity contribution in [3.63, 3.8) is 0 Å². The molecular formula is C104H74Au4N2P4+4. The number of aromatic nitrogens is 2. The van der Waals surface area contributed by atoms with Gasteiger partial charge in [0.1, 0.15) is 95.3 Å². The Morgan fingerprint density at radius 2 is 0.325 bits per heavy atom. The molecule has 560 valence electrons. The first-order valence-electron chi connectivity index (χ1n) is 36.6. The zero-order chi connectivity index (χ0) is 74.8. The van der Waals surface area contributed by atoms with Gasteiger partial charge in [0.05, 0.1) is 22.1 Å². The molecule has 2 heterocycles. The Kier molecular flexibility index (Phi) is 31.2. The molecule has 18 rings (SSSR count). The van der Waals surface area contributed by atoms with Crippen LogP contribution in [0.1, 0.15) is 22.3 Å². The molecule has 0 radical (unpaired) electrons. The number of hydrogen-bond acceptors (Lipinski definition) is 0. The van der Waals surface area contributed by atoms with E-state index in [0.717, 1.165) is 77.2 Å². The van der Waals surface area contributed by atoms with Crippen LogP contribution < -0.4 is 63.7 Å². The van der Waals surface area contributed by atoms with E-state index < -0.39 is 31.7 Å². The number of nitrogens with zero attached hydrogens (tertiary/aromatic N) is 2. The number of benzene rings is 16. The van der Waals surface area contributed by atoms with Crippen LogP contribution in [0.25, 0.3) is 55.0 Å². The van der Waals surface area contributed by atoms with Crippen LogP contribution >= 0.6 is 31.7 Å². The van der Waals surface area contributed by atoms with Gasteiger partial charge in [-0.15, -0.1) is 70.8 Å². The van der Waals surface area contributed by atoms with Gasteiger partial charge < -0.3 is 34.8 Å². The Hall–Kier alpha value is -9.96. The second kappa shape index (κ2) is 41.9. The molecule has 10 heteroatoms. The summed E-state index contributed by atoms with van der Waals surface area (Å²) in [5, 5.41) is 21.6. The van der Waals surface area contributed by atoms with Crippen LogP contribution in [-0.2, 0) is 89.5 Å². The van der Waals surface area contributed by atoms with Gasteiger partial charge in [0.2, 0.25) is 0 Å². The van der Waals surface area contributed by atoms with Gasteiger partial charge in [-0.2, -0.15) is 0 Å². The monoisotopic (exact) mass is 2260 g/mol. The van der Waals surface area contributed by atoms with E-state index >= 15 is 0 Å². The number of hydrogen-bond donors (Lipinski definition) is 0. The molecule has 0 saturated carbocycles. The zero-order valence-electron chi connectivity index (χ0n) is 61.5. The van der Waals surface area contributed by atoms with Crippen molar-refractivity contribution in [3.8, 4) is 35.1 Å². The van der Waals surface area contributed by atoms with E-state index in [1.165, 1.54) is 63.7 Å². The van der Waals surface area contributed by atoms with E-state index in [4.69, 9.17) is 25.7 Å². The Bertz CT molecular complexity index is 5440. The van der Waals surface area contributed by atoms with Gasteiger partial charge >= 0.3 is 89.5 Å². The SMILES string of the molecule is [Au+].[Au+].[Au+].[Au+].[C-]#Cc1ccc2c(c1)c1cc(C#[C-])ccc1n2-c1ccccc1.[C-]#Cc1ccc2c(c1)c1cc(C#[C-])ccc1n2-c1ccccc1.c1ccc([PH+](c2ccccc2)c2ccccc2[PH+](c2ccccc2)c2ccccc2)cc1.c1ccc([PH+](c2ccccc2)c2ccccc2[PH+](c2ccccc2)c2ccccc2)cc1. The van der Waals surface area contributed by atoms with Crippen molar-refractivity contribution in [2.75, 3.05) is 0 Å². The fraction of sp³-hybridized carbons (Fsp3) is 0. The maximum atomic E-state index is 7.38. The van der Waals surface area contributed by atoms with Crippen molar-refractivity contribution in [3.05, 3.63) is 473 Å². The maximum Gasteiger partial charge on any atom is 1.00 e. The predicted octanol–water partition coefficient (Wildman–Crippen LogP) is 18.6. The van der Waals surface area contributed by atoms with Crippen molar-refractivity contribution in [2.24, 2.45) is 0 Å². The predicted molar refractivity (Wildman–Crippen MR) is 480 cm³/mol. The number of para-hydroxylation sites is 2. The molecule has 0 atom stereocenters. The smallest absolute Gasteiger partial charge is 0.366 e. The third kappa shape index (κ3) is 19.3. The summed E-state index contributed by atoms with van der Waals surface area (Å²) < 4.78 is 4.40. The summed E-state index contributed by atoms with van der Waals surface area (Å²) in [4.78, 5) is 0. The first-order valence-corrected chi connectivity index (χ1v) is 42.6. The molecule has 0 aliphatic carbocycles. The average molecular weight is 2260 g/mol. The van der Waals surface area contributed by atoms with Gasteiger partial charge in [-0.1, -0.05) is 231 Å². The zero-order valence-corrected chi connectivity index (χ0v) is 74.2. The van der Waals surface area contributed by atoms with Crippen molar-refractivity contribution in [1.29, 1.82) is 0 Å². The van der Waals surface area contributed by atoms with Crippen LogP contribution in [0.5, 0.6) is 0 Å². The average Bonchev–Trinajstić information content (AvgIpc) is 1.59. The molecular weight excluding hydrogens is 2190 g/mol. The Morgan fingerprint density at radius 3 is 0.482 bits per heavy atom. The minimum atomic E-state index is -1.14. The van der Waals surface area contributed by atoms with Gasteiger partial charge in [0, 0.05) is 11.4 Å². The second-order valence-electron chi connectivity index (χ2n) is 26.3. The molecule has 0 aliphatic heterocycles. The van der Waals surface area contributed by atoms with Crippen LogP contribution in [-0.4, -0.2) is 9.13 Å². The largest absolute Gasteiger partial charge is 1.00 e. The van der Waals surface area contributed by atoms with Crippen molar-refractivity contribution in [1.82, 2.24) is 9.13 Å². The third-order valence-corrected chi connectivity index (χ3v) is 31.3. The van der Waals surface area contributed by atoms with E-state index in [1.54, 1.807) is 0 Å². The van der Waals surface area contributed by atoms with Gasteiger partial charge in [0.15, 0.2) is 0 Å². The normalized spacial score (nSPS) is 10.5. The van der Waals surface area contributed by atoms with E-state index in [-0.39, 0.29) is 89.5 Å². The minimum Gasteiger partial charge on any atom is -0.366 e. The topological polar surface area (TPSA) is 9.86 Å². The molecule has 2 nitrogen and oxygen atoms in total. The van der Waals surface area contributed by atoms with E-state index in [1.807, 2.05) is 109 Å². The number of fused-ring (bicyclic) bond motifs is 6. The molecule has 18 aromatic rings. The summed E-state index contributed by atoms with van der Waals surface area (Å²) in [7, 11) is -4.56. The summed E-state index contributed by atoms with van der Waals surface area (Å²) >= 11 is 0. The van der Waals surface area contributed by atoms with Crippen LogP contribution in [0, 0.1) is 49.4 Å². The van der Waals surface area contributed by atoms with Crippen molar-refractivity contribution < 1.29 is 89.5 Å². The van der Waals surface area contributed by atoms with Crippen LogP contribution in [0.2, 0.25) is 0 Å². The van der Waals surface area contributed by atoms with E-state index in [0.29, 0.717) is 0 Å². The summed E-state index contributed by atoms with van der Waals surface area (Å²) in [6.45, 7) is 0. The molecule has 0 saturated heterocycles. The van der Waals surface area contributed by atoms with Crippen LogP contribution in [0.15, 0.2) is 425 Å². The Morgan fingerprint density at radius 1 is 0.175 bits per heavy atom. The van der Waals surface area contributed by atoms with Crippen LogP contribution in [0.3, 0.4) is 0 Å². The first kappa shape index (κ1) is 84.9. The molecule has 16 aromatic carbocycles. The summed E-state index contributed by atoms with van der Waals surface area (Å²) in [6.07, 6.45) is 29.5. The molecule has 0 spiro atoms. The fourth-order valence-electron chi connectivity index (χ4n) is 14.7. The van der Waals surface area contributed by atoms with Gasteiger partial charge in [-0.25, -0.2) is 0 Å². The first-order chi connectivity index (χ1) is 54.5. The van der Waals surface area contributed by atoms with Crippen molar-refractivity contribution >= 4 is 139 Å². The fourth-order valence-corrected chi connectivity index (χ4v) is 26.6. The van der Waals surface area contributed by atoms with Crippen LogP contribution in [0.4, 0.5) is 0 Å². The molecule has 114 heavy (non-hydrogen) atoms. The van der Waals surface area contributed by atoms with Gasteiger partial charge in [0.25, 0.3) is 0 Å². The second-order valence-corrected chi connectivity index (χ2v) is 36.1. The van der Waals surface area contributed by atoms with Gasteiger partial charge in [-0.3, -0.25) is 23.7 Å². The standard InChI is InChI=1S/2C30H24P2.2C22H11N.4Au/c2*1-5-15-25(16-6-1)31(26-17-7-2-8-18-26)29-23-13-14-24-30(29)32(27-19-9-3-10-20-27)28-21-11-4-12-22-28;2*1-3-16-10-12-21-19(14-16)20-15-17(4-2)11-13-22(20)23(21)18-8-6-5-7-9-18;;;;/h2*1-24H;2*5-15H;;;;/q;;2*-2;4*+1/p+4. The summed E-state index contributed by atoms with van der Waals surface area (Å²) in [5.74, 6) is 9.80. The minimum absolute atomic E-state index is 0. The van der Waals surface area contributed by atoms with E-state index in [9.17, 15) is 0 Å². The third-order valence-electron chi connectivity index (χ3n) is 19.6. The molecule has 0 amide bonds. The molecule has 0 aliphatic rings. The van der Waals surface area contributed by atoms with Crippen molar-refractivity contribution in [2.45, 2.75) is 0 Å². The summed E-state index contributed by atoms with van der Waals surface area (Å²) in [6, 6.07) is 151.